The molecule has 0 saturated heterocycles. The van der Waals surface area contributed by atoms with Crippen LogP contribution in [0, 0.1) is 0 Å². The summed E-state index contributed by atoms with van der Waals surface area (Å²) >= 11 is 0. The number of ether oxygens (including phenoxy) is 2. The van der Waals surface area contributed by atoms with Gasteiger partial charge in [0.2, 0.25) is 0 Å². The summed E-state index contributed by atoms with van der Waals surface area (Å²) in [5, 5.41) is 7.62. The Labute approximate surface area is 117 Å². The number of aryl methyl sites for hydroxylation is 1. The quantitative estimate of drug-likeness (QED) is 0.822. The predicted molar refractivity (Wildman–Crippen MR) is 73.8 cm³/mol. The van der Waals surface area contributed by atoms with Gasteiger partial charge < -0.3 is 14.8 Å². The molecule has 3 rings (SSSR count). The van der Waals surface area contributed by atoms with Gasteiger partial charge in [-0.15, -0.1) is 0 Å². The molecule has 1 aliphatic rings. The Morgan fingerprint density at radius 2 is 2.10 bits per heavy atom. The summed E-state index contributed by atoms with van der Waals surface area (Å²) in [6.07, 6.45) is 2.54. The molecule has 0 bridgehead atoms. The first kappa shape index (κ1) is 12.9. The SMILES string of the molecule is Cn1cnc(CCNCc2ccc3c(c2)OCCO3)n1. The van der Waals surface area contributed by atoms with E-state index in [9.17, 15) is 0 Å². The topological polar surface area (TPSA) is 61.2 Å². The minimum atomic E-state index is 0.620. The molecule has 1 N–H and O–H groups in total. The monoisotopic (exact) mass is 274 g/mol. The summed E-state index contributed by atoms with van der Waals surface area (Å²) in [6.45, 7) is 2.89. The number of hydrogen-bond donors (Lipinski definition) is 1. The summed E-state index contributed by atoms with van der Waals surface area (Å²) in [5.74, 6) is 2.53. The van der Waals surface area contributed by atoms with Crippen molar-refractivity contribution in [3.05, 3.63) is 35.9 Å². The van der Waals surface area contributed by atoms with E-state index in [4.69, 9.17) is 9.47 Å². The third-order valence-corrected chi connectivity index (χ3v) is 3.11. The largest absolute Gasteiger partial charge is 0.486 e. The standard InChI is InChI=1S/C14H18N4O2/c1-18-10-16-14(17-18)4-5-15-9-11-2-3-12-13(8-11)20-7-6-19-12/h2-3,8,10,15H,4-7,9H2,1H3. The normalized spacial score (nSPS) is 13.4. The fourth-order valence-corrected chi connectivity index (χ4v) is 2.13. The summed E-state index contributed by atoms with van der Waals surface area (Å²) in [5.41, 5.74) is 1.18. The van der Waals surface area contributed by atoms with Crippen LogP contribution in [-0.2, 0) is 20.0 Å². The highest BCUT2D eigenvalue weighted by Gasteiger charge is 2.11. The number of benzene rings is 1. The number of fused-ring (bicyclic) bond motifs is 1. The van der Waals surface area contributed by atoms with Gasteiger partial charge in [-0.3, -0.25) is 4.68 Å². The maximum atomic E-state index is 5.57. The first-order valence-electron chi connectivity index (χ1n) is 6.75. The minimum absolute atomic E-state index is 0.620. The summed E-state index contributed by atoms with van der Waals surface area (Å²) < 4.78 is 12.8. The van der Waals surface area contributed by atoms with E-state index in [0.29, 0.717) is 13.2 Å². The summed E-state index contributed by atoms with van der Waals surface area (Å²) in [6, 6.07) is 6.05. The van der Waals surface area contributed by atoms with Crippen LogP contribution in [0.4, 0.5) is 0 Å². The van der Waals surface area contributed by atoms with E-state index in [0.717, 1.165) is 36.8 Å². The Kier molecular flexibility index (Phi) is 3.83. The lowest BCUT2D eigenvalue weighted by Crippen LogP contribution is -2.18. The molecule has 0 aliphatic carbocycles. The Morgan fingerprint density at radius 3 is 2.90 bits per heavy atom. The maximum absolute atomic E-state index is 5.57. The molecule has 6 nitrogen and oxygen atoms in total. The van der Waals surface area contributed by atoms with E-state index in [2.05, 4.69) is 21.5 Å². The molecule has 2 aromatic rings. The van der Waals surface area contributed by atoms with Crippen molar-refractivity contribution in [3.63, 3.8) is 0 Å². The number of nitrogens with zero attached hydrogens (tertiary/aromatic N) is 3. The van der Waals surface area contributed by atoms with Gasteiger partial charge in [-0.05, 0) is 17.7 Å². The smallest absolute Gasteiger partial charge is 0.161 e. The van der Waals surface area contributed by atoms with Crippen molar-refractivity contribution in [3.8, 4) is 11.5 Å². The van der Waals surface area contributed by atoms with Gasteiger partial charge in [0, 0.05) is 26.6 Å². The zero-order chi connectivity index (χ0) is 13.8. The highest BCUT2D eigenvalue weighted by molar-refractivity contribution is 5.43. The zero-order valence-electron chi connectivity index (χ0n) is 11.5. The Hall–Kier alpha value is -2.08. The van der Waals surface area contributed by atoms with Crippen LogP contribution >= 0.6 is 0 Å². The van der Waals surface area contributed by atoms with Crippen LogP contribution in [0.5, 0.6) is 11.5 Å². The van der Waals surface area contributed by atoms with Gasteiger partial charge in [-0.1, -0.05) is 6.07 Å². The number of nitrogens with one attached hydrogen (secondary N) is 1. The van der Waals surface area contributed by atoms with Crippen molar-refractivity contribution in [2.75, 3.05) is 19.8 Å². The average Bonchev–Trinajstić information content (AvgIpc) is 2.89. The van der Waals surface area contributed by atoms with E-state index < -0.39 is 0 Å². The third-order valence-electron chi connectivity index (χ3n) is 3.11. The van der Waals surface area contributed by atoms with Crippen LogP contribution in [0.1, 0.15) is 11.4 Å². The Bertz CT molecular complexity index is 582. The Morgan fingerprint density at radius 1 is 1.25 bits per heavy atom. The van der Waals surface area contributed by atoms with E-state index in [1.807, 2.05) is 19.2 Å². The van der Waals surface area contributed by atoms with Crippen LogP contribution in [0.25, 0.3) is 0 Å². The summed E-state index contributed by atoms with van der Waals surface area (Å²) in [7, 11) is 1.87. The molecule has 0 fully saturated rings. The van der Waals surface area contributed by atoms with Crippen molar-refractivity contribution < 1.29 is 9.47 Å². The molecule has 2 heterocycles. The van der Waals surface area contributed by atoms with Crippen molar-refractivity contribution in [2.45, 2.75) is 13.0 Å². The molecule has 0 amide bonds. The van der Waals surface area contributed by atoms with Crippen molar-refractivity contribution in [1.29, 1.82) is 0 Å². The third kappa shape index (κ3) is 3.08. The molecule has 1 aromatic carbocycles. The molecule has 0 radical (unpaired) electrons. The van der Waals surface area contributed by atoms with Crippen molar-refractivity contribution >= 4 is 0 Å². The van der Waals surface area contributed by atoms with E-state index in [-0.39, 0.29) is 0 Å². The first-order valence-corrected chi connectivity index (χ1v) is 6.75. The molecule has 1 aliphatic heterocycles. The molecule has 106 valence electrons. The molecule has 0 spiro atoms. The van der Waals surface area contributed by atoms with Crippen LogP contribution in [-0.4, -0.2) is 34.5 Å². The summed E-state index contributed by atoms with van der Waals surface area (Å²) in [4.78, 5) is 4.19. The van der Waals surface area contributed by atoms with Crippen LogP contribution < -0.4 is 14.8 Å². The zero-order valence-corrected chi connectivity index (χ0v) is 11.5. The molecule has 1 aromatic heterocycles. The van der Waals surface area contributed by atoms with Crippen LogP contribution in [0.15, 0.2) is 24.5 Å². The first-order chi connectivity index (χ1) is 9.81. The molecule has 0 unspecified atom stereocenters. The molecule has 0 saturated carbocycles. The van der Waals surface area contributed by atoms with Gasteiger partial charge in [0.25, 0.3) is 0 Å². The molecular formula is C14H18N4O2. The highest BCUT2D eigenvalue weighted by atomic mass is 16.6. The fraction of sp³-hybridized carbons (Fsp3) is 0.429. The lowest BCUT2D eigenvalue weighted by Gasteiger charge is -2.18. The second-order valence-electron chi connectivity index (χ2n) is 4.74. The lowest BCUT2D eigenvalue weighted by molar-refractivity contribution is 0.171. The van der Waals surface area contributed by atoms with E-state index in [1.165, 1.54) is 5.56 Å². The van der Waals surface area contributed by atoms with Crippen molar-refractivity contribution in [1.82, 2.24) is 20.1 Å². The van der Waals surface area contributed by atoms with Crippen molar-refractivity contribution in [2.24, 2.45) is 7.05 Å². The molecule has 20 heavy (non-hydrogen) atoms. The highest BCUT2D eigenvalue weighted by Crippen LogP contribution is 2.30. The average molecular weight is 274 g/mol. The van der Waals surface area contributed by atoms with Crippen LogP contribution in [0.2, 0.25) is 0 Å². The molecule has 0 atom stereocenters. The number of hydrogen-bond acceptors (Lipinski definition) is 5. The maximum Gasteiger partial charge on any atom is 0.161 e. The van der Waals surface area contributed by atoms with Gasteiger partial charge in [-0.2, -0.15) is 5.10 Å². The van der Waals surface area contributed by atoms with Crippen LogP contribution in [0.3, 0.4) is 0 Å². The van der Waals surface area contributed by atoms with Gasteiger partial charge >= 0.3 is 0 Å². The molecule has 6 heteroatoms. The predicted octanol–water partition coefficient (Wildman–Crippen LogP) is 0.919. The second-order valence-corrected chi connectivity index (χ2v) is 4.74. The Balaban J connectivity index is 1.48. The van der Waals surface area contributed by atoms with Gasteiger partial charge in [0.05, 0.1) is 0 Å². The molecular weight excluding hydrogens is 256 g/mol. The van der Waals surface area contributed by atoms with E-state index >= 15 is 0 Å². The van der Waals surface area contributed by atoms with E-state index in [1.54, 1.807) is 11.0 Å². The van der Waals surface area contributed by atoms with Gasteiger partial charge in [0.1, 0.15) is 19.5 Å². The lowest BCUT2D eigenvalue weighted by atomic mass is 10.2. The number of rotatable bonds is 5. The fourth-order valence-electron chi connectivity index (χ4n) is 2.13. The van der Waals surface area contributed by atoms with Gasteiger partial charge in [0.15, 0.2) is 17.3 Å². The second kappa shape index (κ2) is 5.92. The minimum Gasteiger partial charge on any atom is -0.486 e. The van der Waals surface area contributed by atoms with Gasteiger partial charge in [-0.25, -0.2) is 4.98 Å². The number of aromatic nitrogens is 3.